The van der Waals surface area contributed by atoms with E-state index in [0.717, 1.165) is 16.7 Å². The summed E-state index contributed by atoms with van der Waals surface area (Å²) in [5.41, 5.74) is 4.53. The van der Waals surface area contributed by atoms with Crippen molar-refractivity contribution in [3.63, 3.8) is 0 Å². The van der Waals surface area contributed by atoms with E-state index in [9.17, 15) is 19.7 Å². The minimum atomic E-state index is -0.868. The van der Waals surface area contributed by atoms with Crippen LogP contribution >= 0.6 is 11.8 Å². The molecule has 0 radical (unpaired) electrons. The Labute approximate surface area is 247 Å². The van der Waals surface area contributed by atoms with Crippen LogP contribution < -0.4 is 25.0 Å². The molecule has 222 valence electrons. The van der Waals surface area contributed by atoms with Crippen LogP contribution in [0.1, 0.15) is 45.1 Å². The van der Waals surface area contributed by atoms with Gasteiger partial charge in [-0.2, -0.15) is 0 Å². The number of benzene rings is 2. The van der Waals surface area contributed by atoms with E-state index in [1.54, 1.807) is 57.7 Å². The van der Waals surface area contributed by atoms with Crippen LogP contribution in [0, 0.1) is 10.1 Å². The summed E-state index contributed by atoms with van der Waals surface area (Å²) in [5.74, 6) is 0.991. The summed E-state index contributed by atoms with van der Waals surface area (Å²) < 4.78 is 23.0. The van der Waals surface area contributed by atoms with Gasteiger partial charge in [0, 0.05) is 23.8 Å². The fourth-order valence-electron chi connectivity index (χ4n) is 5.26. The molecule has 0 saturated carbocycles. The molecule has 42 heavy (non-hydrogen) atoms. The third kappa shape index (κ3) is 6.14. The van der Waals surface area contributed by atoms with Gasteiger partial charge in [0.15, 0.2) is 16.9 Å². The lowest BCUT2D eigenvalue weighted by atomic mass is 9.91. The predicted molar refractivity (Wildman–Crippen MR) is 157 cm³/mol. The number of thioether (sulfide) groups is 1. The van der Waals surface area contributed by atoms with Gasteiger partial charge in [-0.25, -0.2) is 0 Å². The highest BCUT2D eigenvalue weighted by Gasteiger charge is 2.33. The van der Waals surface area contributed by atoms with Crippen LogP contribution in [0.15, 0.2) is 52.2 Å². The van der Waals surface area contributed by atoms with Crippen molar-refractivity contribution in [1.82, 2.24) is 5.32 Å². The molecule has 1 atom stereocenters. The van der Waals surface area contributed by atoms with E-state index in [4.69, 9.17) is 18.9 Å². The van der Waals surface area contributed by atoms with Crippen LogP contribution in [0.2, 0.25) is 0 Å². The van der Waals surface area contributed by atoms with E-state index in [-0.39, 0.29) is 24.5 Å². The second-order valence-electron chi connectivity index (χ2n) is 9.40. The number of ether oxygens (including phenoxy) is 4. The lowest BCUT2D eigenvalue weighted by molar-refractivity contribution is -0.763. The number of nitrogens with one attached hydrogen (secondary N) is 1. The van der Waals surface area contributed by atoms with Crippen LogP contribution in [-0.2, 0) is 29.2 Å². The molecule has 1 N–H and O–H groups in total. The first-order valence-corrected chi connectivity index (χ1v) is 14.2. The molecule has 3 aromatic carbocycles. The highest BCUT2D eigenvalue weighted by Crippen LogP contribution is 2.52. The minimum absolute atomic E-state index is 0.168. The summed E-state index contributed by atoms with van der Waals surface area (Å²) in [5, 5.41) is 12.7. The fraction of sp³-hybridized carbons (Fsp3) is 0.333. The average Bonchev–Trinajstić information content (AvgIpc) is 3.24. The lowest BCUT2D eigenvalue weighted by Gasteiger charge is -2.23. The highest BCUT2D eigenvalue weighted by atomic mass is 32.2. The Kier molecular flexibility index (Phi) is 9.92. The van der Waals surface area contributed by atoms with Gasteiger partial charge >= 0.3 is 0 Å². The van der Waals surface area contributed by atoms with Gasteiger partial charge in [-0.3, -0.25) is 9.59 Å². The molecule has 0 spiro atoms. The largest absolute Gasteiger partial charge is 0.492 e. The Balaban J connectivity index is 1.87. The van der Waals surface area contributed by atoms with Crippen molar-refractivity contribution in [1.29, 1.82) is 0 Å². The minimum Gasteiger partial charge on any atom is -0.492 e. The molecule has 0 aromatic heterocycles. The van der Waals surface area contributed by atoms with Crippen molar-refractivity contribution in [2.45, 2.75) is 37.0 Å². The van der Waals surface area contributed by atoms with Gasteiger partial charge in [0.1, 0.15) is 6.61 Å². The summed E-state index contributed by atoms with van der Waals surface area (Å²) in [6.07, 6.45) is 2.81. The molecule has 3 aromatic rings. The molecule has 11 nitrogen and oxygen atoms in total. The third-order valence-corrected chi connectivity index (χ3v) is 7.91. The van der Waals surface area contributed by atoms with Gasteiger partial charge in [-0.15, -0.1) is 21.9 Å². The van der Waals surface area contributed by atoms with Gasteiger partial charge in [0.2, 0.25) is 5.75 Å². The van der Waals surface area contributed by atoms with E-state index in [0.29, 0.717) is 57.2 Å². The Morgan fingerprint density at radius 3 is 2.29 bits per heavy atom. The summed E-state index contributed by atoms with van der Waals surface area (Å²) in [4.78, 5) is 42.2. The fourth-order valence-corrected chi connectivity index (χ4v) is 5.72. The summed E-state index contributed by atoms with van der Waals surface area (Å²) in [7, 11) is 6.23. The Hall–Kier alpha value is -4.29. The Morgan fingerprint density at radius 2 is 1.69 bits per heavy atom. The topological polar surface area (TPSA) is 135 Å². The van der Waals surface area contributed by atoms with E-state index in [1.807, 2.05) is 12.3 Å². The van der Waals surface area contributed by atoms with Crippen molar-refractivity contribution in [3.8, 4) is 28.4 Å². The molecule has 4 rings (SSSR count). The molecule has 0 aliphatic heterocycles. The molecule has 0 fully saturated rings. The van der Waals surface area contributed by atoms with Crippen LogP contribution in [0.4, 0.5) is 0 Å². The number of hydrogen-bond donors (Lipinski definition) is 1. The van der Waals surface area contributed by atoms with Gasteiger partial charge in [0.05, 0.1) is 38.9 Å². The molecule has 0 heterocycles. The molecule has 1 amide bonds. The maximum atomic E-state index is 13.4. The smallest absolute Gasteiger partial charge is 0.294 e. The molecule has 12 heteroatoms. The number of hydrogen-bond acceptors (Lipinski definition) is 10. The molecule has 1 aliphatic rings. The highest BCUT2D eigenvalue weighted by molar-refractivity contribution is 7.98. The zero-order valence-electron chi connectivity index (χ0n) is 24.0. The van der Waals surface area contributed by atoms with Crippen molar-refractivity contribution in [3.05, 3.63) is 90.6 Å². The molecule has 1 aliphatic carbocycles. The second-order valence-corrected chi connectivity index (χ2v) is 10.3. The second kappa shape index (κ2) is 13.6. The molecule has 0 bridgehead atoms. The Bertz CT molecular complexity index is 1540. The maximum absolute atomic E-state index is 13.4. The van der Waals surface area contributed by atoms with Crippen LogP contribution in [0.5, 0.6) is 17.2 Å². The van der Waals surface area contributed by atoms with Gasteiger partial charge < -0.3 is 29.1 Å². The zero-order chi connectivity index (χ0) is 30.4. The number of carbonyl (C=O) groups excluding carboxylic acids is 1. The van der Waals surface area contributed by atoms with Gasteiger partial charge in [-0.05, 0) is 65.6 Å². The van der Waals surface area contributed by atoms with Crippen LogP contribution in [0.25, 0.3) is 11.1 Å². The van der Waals surface area contributed by atoms with E-state index >= 15 is 0 Å². The van der Waals surface area contributed by atoms with Crippen LogP contribution in [0.3, 0.4) is 0 Å². The predicted octanol–water partition coefficient (Wildman–Crippen LogP) is 4.73. The van der Waals surface area contributed by atoms with Crippen molar-refractivity contribution < 1.29 is 33.7 Å². The first kappa shape index (κ1) is 30.7. The number of fused-ring (bicyclic) bond motifs is 3. The number of nitrogens with zero attached hydrogens (tertiary/aromatic N) is 1. The van der Waals surface area contributed by atoms with Crippen LogP contribution in [-0.4, -0.2) is 45.7 Å². The monoisotopic (exact) mass is 596 g/mol. The zero-order valence-corrected chi connectivity index (χ0v) is 24.8. The SMILES string of the molecule is COCc1c2c(c(OC)c(OC)c1OC)-c1ccc(SC)c(=O)cc1C(NC(=O)c1ccc(CO[N+](=O)[O-])cc1)CC2. The number of methoxy groups -OCH3 is 4. The summed E-state index contributed by atoms with van der Waals surface area (Å²) in [6.45, 7) is 0.0226. The van der Waals surface area contributed by atoms with E-state index < -0.39 is 11.1 Å². The number of amides is 1. The summed E-state index contributed by atoms with van der Waals surface area (Å²) >= 11 is 1.34. The standard InChI is InChI=1S/C30H32N2O9S/c1-37-16-22-20-10-12-23(31-30(34)18-8-6-17(7-9-18)15-41-32(35)36)21-14-24(33)25(42-5)13-11-19(21)26(20)28(39-3)29(40-4)27(22)38-2/h6-9,11,13-14,23H,10,12,15-16H2,1-5H3,(H,31,34). The van der Waals surface area contributed by atoms with Gasteiger partial charge in [-0.1, -0.05) is 18.2 Å². The lowest BCUT2D eigenvalue weighted by Crippen LogP contribution is -2.29. The van der Waals surface area contributed by atoms with Crippen molar-refractivity contribution in [2.24, 2.45) is 0 Å². The molecule has 0 saturated heterocycles. The molecular formula is C30H32N2O9S. The van der Waals surface area contributed by atoms with Crippen molar-refractivity contribution >= 4 is 17.7 Å². The Morgan fingerprint density at radius 1 is 1.00 bits per heavy atom. The first-order valence-electron chi connectivity index (χ1n) is 13.0. The van der Waals surface area contributed by atoms with E-state index in [2.05, 4.69) is 10.2 Å². The van der Waals surface area contributed by atoms with Crippen molar-refractivity contribution in [2.75, 3.05) is 34.7 Å². The van der Waals surface area contributed by atoms with Gasteiger partial charge in [0.25, 0.3) is 11.0 Å². The normalized spacial score (nSPS) is 13.7. The molecular weight excluding hydrogens is 564 g/mol. The maximum Gasteiger partial charge on any atom is 0.294 e. The molecule has 1 unspecified atom stereocenters. The number of rotatable bonds is 11. The first-order chi connectivity index (χ1) is 20.3. The average molecular weight is 597 g/mol. The van der Waals surface area contributed by atoms with E-state index in [1.165, 1.54) is 18.9 Å². The third-order valence-electron chi connectivity index (χ3n) is 7.13. The number of carbonyl (C=O) groups is 1. The quantitative estimate of drug-likeness (QED) is 0.188. The summed E-state index contributed by atoms with van der Waals surface area (Å²) in [6, 6.07) is 11.0.